The Bertz CT molecular complexity index is 832. The van der Waals surface area contributed by atoms with Gasteiger partial charge in [0.25, 0.3) is 0 Å². The van der Waals surface area contributed by atoms with Crippen molar-refractivity contribution in [2.75, 3.05) is 31.6 Å². The first-order valence-electron chi connectivity index (χ1n) is 9.80. The highest BCUT2D eigenvalue weighted by Crippen LogP contribution is 2.23. The van der Waals surface area contributed by atoms with Gasteiger partial charge in [-0.15, -0.1) is 0 Å². The SMILES string of the molecule is CCOC(=O)[C@@H]1CCCN(CC(=O)Nc2c(C)nn(-c3ccccc3)c2C)C1. The third-order valence-corrected chi connectivity index (χ3v) is 5.05. The number of nitrogens with zero attached hydrogens (tertiary/aromatic N) is 3. The molecule has 2 heterocycles. The molecule has 0 saturated carbocycles. The lowest BCUT2D eigenvalue weighted by atomic mass is 9.98. The Hall–Kier alpha value is -2.67. The van der Waals surface area contributed by atoms with Crippen LogP contribution in [0.2, 0.25) is 0 Å². The molecule has 150 valence electrons. The number of aromatic nitrogens is 2. The Morgan fingerprint density at radius 3 is 2.71 bits per heavy atom. The number of para-hydroxylation sites is 1. The molecule has 1 aliphatic rings. The molecule has 0 radical (unpaired) electrons. The molecule has 28 heavy (non-hydrogen) atoms. The van der Waals surface area contributed by atoms with Crippen molar-refractivity contribution in [3.8, 4) is 5.69 Å². The summed E-state index contributed by atoms with van der Waals surface area (Å²) in [5.74, 6) is -0.405. The van der Waals surface area contributed by atoms with Gasteiger partial charge in [0.2, 0.25) is 5.91 Å². The molecule has 0 aliphatic carbocycles. The van der Waals surface area contributed by atoms with Gasteiger partial charge in [-0.1, -0.05) is 18.2 Å². The molecule has 0 bridgehead atoms. The maximum atomic E-state index is 12.6. The lowest BCUT2D eigenvalue weighted by Gasteiger charge is -2.30. The minimum Gasteiger partial charge on any atom is -0.466 e. The summed E-state index contributed by atoms with van der Waals surface area (Å²) < 4.78 is 6.97. The van der Waals surface area contributed by atoms with Gasteiger partial charge >= 0.3 is 5.97 Å². The van der Waals surface area contributed by atoms with Crippen molar-refractivity contribution in [2.24, 2.45) is 5.92 Å². The number of hydrogen-bond acceptors (Lipinski definition) is 5. The van der Waals surface area contributed by atoms with Gasteiger partial charge in [0.1, 0.15) is 0 Å². The minimum atomic E-state index is -0.163. The summed E-state index contributed by atoms with van der Waals surface area (Å²) in [6.07, 6.45) is 1.71. The zero-order chi connectivity index (χ0) is 20.1. The van der Waals surface area contributed by atoms with E-state index in [0.29, 0.717) is 13.2 Å². The van der Waals surface area contributed by atoms with Gasteiger partial charge in [-0.25, -0.2) is 4.68 Å². The third kappa shape index (κ3) is 4.59. The maximum absolute atomic E-state index is 12.6. The van der Waals surface area contributed by atoms with E-state index >= 15 is 0 Å². The van der Waals surface area contributed by atoms with E-state index in [1.165, 1.54) is 0 Å². The van der Waals surface area contributed by atoms with Gasteiger partial charge in [-0.3, -0.25) is 14.5 Å². The number of carbonyl (C=O) groups is 2. The summed E-state index contributed by atoms with van der Waals surface area (Å²) in [7, 11) is 0. The highest BCUT2D eigenvalue weighted by molar-refractivity contribution is 5.93. The summed E-state index contributed by atoms with van der Waals surface area (Å²) in [4.78, 5) is 26.6. The van der Waals surface area contributed by atoms with Crippen LogP contribution < -0.4 is 5.32 Å². The number of ether oxygens (including phenoxy) is 1. The van der Waals surface area contributed by atoms with Crippen LogP contribution in [0.3, 0.4) is 0 Å². The molecule has 7 nitrogen and oxygen atoms in total. The average Bonchev–Trinajstić information content (AvgIpc) is 2.97. The molecular weight excluding hydrogens is 356 g/mol. The first-order chi connectivity index (χ1) is 13.5. The van der Waals surface area contributed by atoms with Gasteiger partial charge in [-0.2, -0.15) is 5.10 Å². The van der Waals surface area contributed by atoms with Gasteiger partial charge in [0.05, 0.1) is 41.8 Å². The standard InChI is InChI=1S/C21H28N4O3/c1-4-28-21(27)17-9-8-12-24(13-17)14-19(26)22-20-15(2)23-25(16(20)3)18-10-6-5-7-11-18/h5-7,10-11,17H,4,8-9,12-14H2,1-3H3,(H,22,26)/t17-/m1/s1. The highest BCUT2D eigenvalue weighted by Gasteiger charge is 2.28. The monoisotopic (exact) mass is 384 g/mol. The average molecular weight is 384 g/mol. The number of likely N-dealkylation sites (tertiary alicyclic amines) is 1. The van der Waals surface area contributed by atoms with Crippen LogP contribution in [0.25, 0.3) is 5.69 Å². The third-order valence-electron chi connectivity index (χ3n) is 5.05. The Kier molecular flexibility index (Phi) is 6.46. The van der Waals surface area contributed by atoms with Crippen molar-refractivity contribution in [1.82, 2.24) is 14.7 Å². The second-order valence-electron chi connectivity index (χ2n) is 7.17. The Morgan fingerprint density at radius 2 is 2.00 bits per heavy atom. The zero-order valence-electron chi connectivity index (χ0n) is 16.8. The van der Waals surface area contributed by atoms with Gasteiger partial charge < -0.3 is 10.1 Å². The molecule has 1 aliphatic heterocycles. The number of rotatable bonds is 6. The van der Waals surface area contributed by atoms with Crippen LogP contribution in [0, 0.1) is 19.8 Å². The topological polar surface area (TPSA) is 76.5 Å². The van der Waals surface area contributed by atoms with Crippen molar-refractivity contribution in [1.29, 1.82) is 0 Å². The smallest absolute Gasteiger partial charge is 0.310 e. The van der Waals surface area contributed by atoms with E-state index in [1.54, 1.807) is 0 Å². The molecule has 1 aromatic heterocycles. The summed E-state index contributed by atoms with van der Waals surface area (Å²) in [5, 5.41) is 7.57. The first kappa shape index (κ1) is 20.1. The fourth-order valence-corrected chi connectivity index (χ4v) is 3.68. The maximum Gasteiger partial charge on any atom is 0.310 e. The summed E-state index contributed by atoms with van der Waals surface area (Å²) in [6, 6.07) is 9.84. The number of amides is 1. The number of anilines is 1. The molecule has 3 rings (SSSR count). The molecule has 0 unspecified atom stereocenters. The molecule has 0 spiro atoms. The van der Waals surface area contributed by atoms with E-state index in [4.69, 9.17) is 4.74 Å². The number of piperidine rings is 1. The fraction of sp³-hybridized carbons (Fsp3) is 0.476. The largest absolute Gasteiger partial charge is 0.466 e. The van der Waals surface area contributed by atoms with E-state index < -0.39 is 0 Å². The lowest BCUT2D eigenvalue weighted by Crippen LogP contribution is -2.43. The van der Waals surface area contributed by atoms with Crippen LogP contribution in [-0.2, 0) is 14.3 Å². The summed E-state index contributed by atoms with van der Waals surface area (Å²) in [6.45, 7) is 7.66. The van der Waals surface area contributed by atoms with Crippen molar-refractivity contribution >= 4 is 17.6 Å². The number of aryl methyl sites for hydroxylation is 1. The predicted molar refractivity (Wildman–Crippen MR) is 107 cm³/mol. The zero-order valence-corrected chi connectivity index (χ0v) is 16.8. The van der Waals surface area contributed by atoms with Crippen molar-refractivity contribution in [2.45, 2.75) is 33.6 Å². The number of esters is 1. The lowest BCUT2D eigenvalue weighted by molar-refractivity contribution is -0.150. The predicted octanol–water partition coefficient (Wildman–Crippen LogP) is 2.70. The van der Waals surface area contributed by atoms with Crippen molar-refractivity contribution in [3.63, 3.8) is 0 Å². The number of hydrogen-bond donors (Lipinski definition) is 1. The number of carbonyl (C=O) groups excluding carboxylic acids is 2. The molecular formula is C21H28N4O3. The van der Waals surface area contributed by atoms with E-state index in [-0.39, 0.29) is 24.3 Å². The summed E-state index contributed by atoms with van der Waals surface area (Å²) in [5.41, 5.74) is 3.36. The van der Waals surface area contributed by atoms with E-state index in [0.717, 1.165) is 42.1 Å². The van der Waals surface area contributed by atoms with E-state index in [2.05, 4.69) is 10.4 Å². The van der Waals surface area contributed by atoms with Gasteiger partial charge in [-0.05, 0) is 52.3 Å². The molecule has 1 saturated heterocycles. The van der Waals surface area contributed by atoms with Crippen molar-refractivity contribution in [3.05, 3.63) is 41.7 Å². The Balaban J connectivity index is 1.64. The number of nitrogens with one attached hydrogen (secondary N) is 1. The fourth-order valence-electron chi connectivity index (χ4n) is 3.68. The molecule has 1 fully saturated rings. The molecule has 1 N–H and O–H groups in total. The van der Waals surface area contributed by atoms with Gasteiger partial charge in [0.15, 0.2) is 0 Å². The Morgan fingerprint density at radius 1 is 1.25 bits per heavy atom. The number of benzene rings is 1. The van der Waals surface area contributed by atoms with Gasteiger partial charge in [0, 0.05) is 6.54 Å². The second-order valence-corrected chi connectivity index (χ2v) is 7.17. The molecule has 1 aromatic carbocycles. The van der Waals surface area contributed by atoms with Crippen molar-refractivity contribution < 1.29 is 14.3 Å². The molecule has 1 atom stereocenters. The normalized spacial score (nSPS) is 17.3. The summed E-state index contributed by atoms with van der Waals surface area (Å²) >= 11 is 0. The second kappa shape index (κ2) is 9.01. The van der Waals surface area contributed by atoms with Crippen LogP contribution in [0.15, 0.2) is 30.3 Å². The van der Waals surface area contributed by atoms with E-state index in [9.17, 15) is 9.59 Å². The van der Waals surface area contributed by atoms with Crippen LogP contribution in [0.5, 0.6) is 0 Å². The minimum absolute atomic E-state index is 0.0941. The molecule has 1 amide bonds. The molecule has 2 aromatic rings. The molecule has 7 heteroatoms. The van der Waals surface area contributed by atoms with Crippen LogP contribution in [0.1, 0.15) is 31.2 Å². The highest BCUT2D eigenvalue weighted by atomic mass is 16.5. The first-order valence-corrected chi connectivity index (χ1v) is 9.80. The van der Waals surface area contributed by atoms with Crippen LogP contribution in [-0.4, -0.2) is 52.8 Å². The van der Waals surface area contributed by atoms with E-state index in [1.807, 2.05) is 60.7 Å². The Labute approximate surface area is 165 Å². The van der Waals surface area contributed by atoms with Crippen LogP contribution >= 0.6 is 0 Å². The van der Waals surface area contributed by atoms with Crippen LogP contribution in [0.4, 0.5) is 5.69 Å². The quantitative estimate of drug-likeness (QED) is 0.775.